The van der Waals surface area contributed by atoms with Crippen LogP contribution in [-0.2, 0) is 0 Å². The lowest BCUT2D eigenvalue weighted by molar-refractivity contribution is 1.55. The lowest BCUT2D eigenvalue weighted by Crippen LogP contribution is -1.72. The maximum Gasteiger partial charge on any atom is 0.0465 e. The average Bonchev–Trinajstić information content (AvgIpc) is 3.05. The molecule has 0 saturated heterocycles. The number of para-hydroxylation sites is 1. The molecule has 18 heavy (non-hydrogen) atoms. The number of benzene rings is 2. The SMILES string of the molecule is c1csc(-c2ccc3[nH]c4ccccc4c3c2)c1. The molecular weight excluding hydrogens is 238 g/mol. The summed E-state index contributed by atoms with van der Waals surface area (Å²) in [5, 5.41) is 4.72. The number of H-pyrrole nitrogens is 1. The summed E-state index contributed by atoms with van der Waals surface area (Å²) in [5.74, 6) is 0. The van der Waals surface area contributed by atoms with Crippen molar-refractivity contribution in [3.8, 4) is 10.4 Å². The first kappa shape index (κ1) is 9.92. The van der Waals surface area contributed by atoms with Crippen molar-refractivity contribution >= 4 is 33.1 Å². The van der Waals surface area contributed by atoms with Crippen LogP contribution in [0.3, 0.4) is 0 Å². The molecule has 86 valence electrons. The maximum absolute atomic E-state index is 3.45. The molecule has 0 fully saturated rings. The van der Waals surface area contributed by atoms with Gasteiger partial charge in [0.2, 0.25) is 0 Å². The van der Waals surface area contributed by atoms with E-state index in [1.54, 1.807) is 11.3 Å². The molecular formula is C16H11NS. The summed E-state index contributed by atoms with van der Waals surface area (Å²) in [5.41, 5.74) is 3.70. The zero-order chi connectivity index (χ0) is 11.9. The van der Waals surface area contributed by atoms with E-state index in [1.807, 2.05) is 0 Å². The molecule has 0 aliphatic heterocycles. The molecule has 0 aliphatic carbocycles. The summed E-state index contributed by atoms with van der Waals surface area (Å²) >= 11 is 1.78. The molecule has 0 unspecified atom stereocenters. The van der Waals surface area contributed by atoms with Gasteiger partial charge >= 0.3 is 0 Å². The number of nitrogens with one attached hydrogen (secondary N) is 1. The Balaban J connectivity index is 2.07. The molecule has 0 radical (unpaired) electrons. The van der Waals surface area contributed by atoms with E-state index in [0.717, 1.165) is 0 Å². The molecule has 2 heteroatoms. The van der Waals surface area contributed by atoms with E-state index in [1.165, 1.54) is 32.2 Å². The monoisotopic (exact) mass is 249 g/mol. The highest BCUT2D eigenvalue weighted by molar-refractivity contribution is 7.13. The normalized spacial score (nSPS) is 11.3. The van der Waals surface area contributed by atoms with Crippen LogP contribution >= 0.6 is 11.3 Å². The molecule has 2 heterocycles. The molecule has 4 aromatic rings. The van der Waals surface area contributed by atoms with E-state index in [4.69, 9.17) is 0 Å². The molecule has 0 aliphatic rings. The first-order valence-corrected chi connectivity index (χ1v) is 6.84. The van der Waals surface area contributed by atoms with Crippen molar-refractivity contribution in [2.24, 2.45) is 0 Å². The smallest absolute Gasteiger partial charge is 0.0465 e. The van der Waals surface area contributed by atoms with Crippen molar-refractivity contribution in [1.82, 2.24) is 4.98 Å². The van der Waals surface area contributed by atoms with Crippen LogP contribution in [-0.4, -0.2) is 4.98 Å². The van der Waals surface area contributed by atoms with Crippen LogP contribution in [0, 0.1) is 0 Å². The highest BCUT2D eigenvalue weighted by Gasteiger charge is 2.05. The van der Waals surface area contributed by atoms with E-state index >= 15 is 0 Å². The van der Waals surface area contributed by atoms with Gasteiger partial charge in [0.05, 0.1) is 0 Å². The Labute approximate surface area is 109 Å². The topological polar surface area (TPSA) is 15.8 Å². The molecule has 0 atom stereocenters. The van der Waals surface area contributed by atoms with Gasteiger partial charge < -0.3 is 4.98 Å². The van der Waals surface area contributed by atoms with Crippen molar-refractivity contribution in [1.29, 1.82) is 0 Å². The van der Waals surface area contributed by atoms with Crippen LogP contribution in [0.15, 0.2) is 60.0 Å². The minimum absolute atomic E-state index is 1.20. The Hall–Kier alpha value is -2.06. The third-order valence-corrected chi connectivity index (χ3v) is 4.23. The van der Waals surface area contributed by atoms with Crippen molar-refractivity contribution in [3.63, 3.8) is 0 Å². The fourth-order valence-corrected chi connectivity index (χ4v) is 3.17. The molecule has 1 nitrogen and oxygen atoms in total. The van der Waals surface area contributed by atoms with Gasteiger partial charge in [-0.1, -0.05) is 30.3 Å². The fourth-order valence-electron chi connectivity index (χ4n) is 2.44. The van der Waals surface area contributed by atoms with Crippen LogP contribution in [0.25, 0.3) is 32.2 Å². The van der Waals surface area contributed by atoms with E-state index in [2.05, 4.69) is 65.0 Å². The number of aromatic nitrogens is 1. The summed E-state index contributed by atoms with van der Waals surface area (Å²) in [6, 6.07) is 19.4. The predicted octanol–water partition coefficient (Wildman–Crippen LogP) is 5.05. The van der Waals surface area contributed by atoms with E-state index in [0.29, 0.717) is 0 Å². The number of thiophene rings is 1. The van der Waals surface area contributed by atoms with Crippen molar-refractivity contribution in [3.05, 3.63) is 60.0 Å². The van der Waals surface area contributed by atoms with Crippen molar-refractivity contribution in [2.45, 2.75) is 0 Å². The van der Waals surface area contributed by atoms with Gasteiger partial charge in [-0.2, -0.15) is 0 Å². The summed E-state index contributed by atoms with van der Waals surface area (Å²) < 4.78 is 0. The molecule has 2 aromatic heterocycles. The van der Waals surface area contributed by atoms with Gasteiger partial charge in [0.1, 0.15) is 0 Å². The maximum atomic E-state index is 3.45. The Morgan fingerprint density at radius 1 is 0.778 bits per heavy atom. The van der Waals surface area contributed by atoms with E-state index < -0.39 is 0 Å². The number of hydrogen-bond acceptors (Lipinski definition) is 1. The highest BCUT2D eigenvalue weighted by atomic mass is 32.1. The molecule has 4 rings (SSSR count). The first-order chi connectivity index (χ1) is 8.92. The third kappa shape index (κ3) is 1.39. The molecule has 0 saturated carbocycles. The summed E-state index contributed by atoms with van der Waals surface area (Å²) in [6.45, 7) is 0. The van der Waals surface area contributed by atoms with Crippen molar-refractivity contribution < 1.29 is 0 Å². The molecule has 0 amide bonds. The second kappa shape index (κ2) is 3.72. The molecule has 2 aromatic carbocycles. The Morgan fingerprint density at radius 3 is 2.56 bits per heavy atom. The van der Waals surface area contributed by atoms with Crippen LogP contribution in [0.4, 0.5) is 0 Å². The van der Waals surface area contributed by atoms with Gasteiger partial charge in [-0.05, 0) is 35.2 Å². The van der Waals surface area contributed by atoms with Gasteiger partial charge in [0.15, 0.2) is 0 Å². The summed E-state index contributed by atoms with van der Waals surface area (Å²) in [4.78, 5) is 4.78. The lowest BCUT2D eigenvalue weighted by Gasteiger charge is -1.98. The third-order valence-electron chi connectivity index (χ3n) is 3.31. The van der Waals surface area contributed by atoms with E-state index in [-0.39, 0.29) is 0 Å². The molecule has 0 spiro atoms. The zero-order valence-corrected chi connectivity index (χ0v) is 10.5. The largest absolute Gasteiger partial charge is 0.355 e. The van der Waals surface area contributed by atoms with Gasteiger partial charge in [0.25, 0.3) is 0 Å². The minimum atomic E-state index is 1.20. The lowest BCUT2D eigenvalue weighted by atomic mass is 10.1. The number of fused-ring (bicyclic) bond motifs is 3. The Kier molecular flexibility index (Phi) is 2.05. The molecule has 0 bridgehead atoms. The zero-order valence-electron chi connectivity index (χ0n) is 9.68. The van der Waals surface area contributed by atoms with Crippen LogP contribution in [0.1, 0.15) is 0 Å². The Bertz CT molecular complexity index is 825. The Morgan fingerprint density at radius 2 is 1.67 bits per heavy atom. The minimum Gasteiger partial charge on any atom is -0.355 e. The van der Waals surface area contributed by atoms with Gasteiger partial charge in [-0.15, -0.1) is 11.3 Å². The quantitative estimate of drug-likeness (QED) is 0.486. The van der Waals surface area contributed by atoms with E-state index in [9.17, 15) is 0 Å². The fraction of sp³-hybridized carbons (Fsp3) is 0. The number of hydrogen-bond donors (Lipinski definition) is 1. The van der Waals surface area contributed by atoms with Gasteiger partial charge in [-0.3, -0.25) is 0 Å². The van der Waals surface area contributed by atoms with Crippen LogP contribution < -0.4 is 0 Å². The number of aromatic amines is 1. The predicted molar refractivity (Wildman–Crippen MR) is 79.1 cm³/mol. The van der Waals surface area contributed by atoms with Gasteiger partial charge in [-0.25, -0.2) is 0 Å². The highest BCUT2D eigenvalue weighted by Crippen LogP contribution is 2.31. The summed E-state index contributed by atoms with van der Waals surface area (Å²) in [7, 11) is 0. The van der Waals surface area contributed by atoms with Crippen LogP contribution in [0.5, 0.6) is 0 Å². The second-order valence-electron chi connectivity index (χ2n) is 4.41. The average molecular weight is 249 g/mol. The molecule has 1 N–H and O–H groups in total. The summed E-state index contributed by atoms with van der Waals surface area (Å²) in [6.07, 6.45) is 0. The van der Waals surface area contributed by atoms with Crippen molar-refractivity contribution in [2.75, 3.05) is 0 Å². The van der Waals surface area contributed by atoms with Gasteiger partial charge in [0, 0.05) is 26.7 Å². The van der Waals surface area contributed by atoms with Crippen LogP contribution in [0.2, 0.25) is 0 Å². The standard InChI is InChI=1S/C16H11NS/c1-2-5-14-12(4-1)13-10-11(7-8-15(13)17-14)16-6-3-9-18-16/h1-10,17H. The second-order valence-corrected chi connectivity index (χ2v) is 5.36. The first-order valence-electron chi connectivity index (χ1n) is 5.96. The number of rotatable bonds is 1.